The topological polar surface area (TPSA) is 88.2 Å². The fourth-order valence-electron chi connectivity index (χ4n) is 4.37. The van der Waals surface area contributed by atoms with Crippen molar-refractivity contribution in [2.75, 3.05) is 39.2 Å². The summed E-state index contributed by atoms with van der Waals surface area (Å²) in [4.78, 5) is 42.1. The van der Waals surface area contributed by atoms with Gasteiger partial charge >= 0.3 is 0 Å². The fourth-order valence-corrected chi connectivity index (χ4v) is 4.37. The summed E-state index contributed by atoms with van der Waals surface area (Å²) in [7, 11) is 3.25. The Morgan fingerprint density at radius 2 is 1.89 bits per heavy atom. The number of nitrogens with zero attached hydrogens (tertiary/aromatic N) is 2. The third kappa shape index (κ3) is 6.85. The smallest absolute Gasteiger partial charge is 0.257 e. The normalized spacial score (nSPS) is 20.8. The van der Waals surface area contributed by atoms with E-state index in [1.807, 2.05) is 20.8 Å². The van der Waals surface area contributed by atoms with Crippen molar-refractivity contribution >= 4 is 23.4 Å². The molecule has 2 aromatic rings. The molecule has 1 N–H and O–H groups in total. The lowest BCUT2D eigenvalue weighted by atomic mass is 10.0. The van der Waals surface area contributed by atoms with Crippen molar-refractivity contribution in [3.05, 3.63) is 59.4 Å². The Kier molecular flexibility index (Phi) is 9.63. The molecule has 2 aromatic carbocycles. The third-order valence-corrected chi connectivity index (χ3v) is 6.57. The van der Waals surface area contributed by atoms with E-state index in [9.17, 15) is 18.8 Å². The predicted octanol–water partition coefficient (Wildman–Crippen LogP) is 4.21. The van der Waals surface area contributed by atoms with Crippen molar-refractivity contribution in [2.45, 2.75) is 45.8 Å². The number of likely N-dealkylation sites (N-methyl/N-ethyl adjacent to an activating group) is 1. The van der Waals surface area contributed by atoms with Crippen molar-refractivity contribution in [3.63, 3.8) is 0 Å². The van der Waals surface area contributed by atoms with Crippen LogP contribution in [0.4, 0.5) is 10.1 Å². The zero-order chi connectivity index (χ0) is 27.1. The largest absolute Gasteiger partial charge is 0.491 e. The van der Waals surface area contributed by atoms with Gasteiger partial charge in [-0.15, -0.1) is 0 Å². The van der Waals surface area contributed by atoms with Gasteiger partial charge in [-0.1, -0.05) is 26.0 Å². The summed E-state index contributed by atoms with van der Waals surface area (Å²) in [5, 5.41) is 2.82. The predicted molar refractivity (Wildman–Crippen MR) is 139 cm³/mol. The minimum absolute atomic E-state index is 0.0174. The standard InChI is InChI=1S/C28H36FN3O5/c1-6-9-26(33)30-20-12-13-22-24(14-20)37-17-19(3)32(28(35)21-10-7-8-11-23(21)29)15-18(2)25(36-5)16-31(4)27(22)34/h7-8,10-14,18-19,25H,6,9,15-17H2,1-5H3,(H,30,33)/t18-,19-,25-/m0/s1. The highest BCUT2D eigenvalue weighted by atomic mass is 19.1. The van der Waals surface area contributed by atoms with E-state index < -0.39 is 17.8 Å². The lowest BCUT2D eigenvalue weighted by Crippen LogP contribution is -2.48. The van der Waals surface area contributed by atoms with E-state index in [0.717, 1.165) is 0 Å². The maximum absolute atomic E-state index is 14.5. The van der Waals surface area contributed by atoms with Crippen molar-refractivity contribution in [1.29, 1.82) is 0 Å². The maximum atomic E-state index is 14.5. The highest BCUT2D eigenvalue weighted by Crippen LogP contribution is 2.27. The van der Waals surface area contributed by atoms with Gasteiger partial charge < -0.3 is 24.6 Å². The summed E-state index contributed by atoms with van der Waals surface area (Å²) in [6, 6.07) is 10.3. The summed E-state index contributed by atoms with van der Waals surface area (Å²) in [5.74, 6) is -1.29. The Balaban J connectivity index is 1.99. The molecule has 0 radical (unpaired) electrons. The van der Waals surface area contributed by atoms with Gasteiger partial charge in [-0.3, -0.25) is 14.4 Å². The van der Waals surface area contributed by atoms with Crippen LogP contribution >= 0.6 is 0 Å². The molecular weight excluding hydrogens is 477 g/mol. The number of benzene rings is 2. The number of halogens is 1. The number of methoxy groups -OCH3 is 1. The van der Waals surface area contributed by atoms with Gasteiger partial charge in [-0.25, -0.2) is 4.39 Å². The van der Waals surface area contributed by atoms with Crippen LogP contribution in [0, 0.1) is 11.7 Å². The third-order valence-electron chi connectivity index (χ3n) is 6.57. The Labute approximate surface area is 217 Å². The van der Waals surface area contributed by atoms with Gasteiger partial charge in [-0.2, -0.15) is 0 Å². The molecule has 0 fully saturated rings. The summed E-state index contributed by atoms with van der Waals surface area (Å²) < 4.78 is 26.3. The molecule has 1 aliphatic rings. The lowest BCUT2D eigenvalue weighted by molar-refractivity contribution is -0.116. The number of ether oxygens (including phenoxy) is 2. The van der Waals surface area contributed by atoms with Gasteiger partial charge in [0.1, 0.15) is 18.2 Å². The number of hydrogen-bond acceptors (Lipinski definition) is 5. The quantitative estimate of drug-likeness (QED) is 0.647. The van der Waals surface area contributed by atoms with Gasteiger partial charge in [0.2, 0.25) is 5.91 Å². The van der Waals surface area contributed by atoms with Crippen LogP contribution in [0.5, 0.6) is 5.75 Å². The minimum atomic E-state index is -0.592. The van der Waals surface area contributed by atoms with Crippen LogP contribution < -0.4 is 10.1 Å². The van der Waals surface area contributed by atoms with E-state index in [4.69, 9.17) is 9.47 Å². The highest BCUT2D eigenvalue weighted by Gasteiger charge is 2.31. The molecule has 37 heavy (non-hydrogen) atoms. The van der Waals surface area contributed by atoms with Gasteiger partial charge in [0.25, 0.3) is 11.8 Å². The molecule has 200 valence electrons. The highest BCUT2D eigenvalue weighted by molar-refractivity contribution is 5.98. The number of hydrogen-bond donors (Lipinski definition) is 1. The van der Waals surface area contributed by atoms with E-state index in [1.165, 1.54) is 12.1 Å². The Morgan fingerprint density at radius 1 is 1.16 bits per heavy atom. The van der Waals surface area contributed by atoms with Crippen molar-refractivity contribution < 1.29 is 28.2 Å². The van der Waals surface area contributed by atoms with Gasteiger partial charge in [0, 0.05) is 51.3 Å². The van der Waals surface area contributed by atoms with Crippen LogP contribution in [0.15, 0.2) is 42.5 Å². The van der Waals surface area contributed by atoms with E-state index in [2.05, 4.69) is 5.32 Å². The summed E-state index contributed by atoms with van der Waals surface area (Å²) in [6.45, 7) is 6.28. The van der Waals surface area contributed by atoms with Gasteiger partial charge in [0.05, 0.1) is 23.3 Å². The number of amides is 3. The Morgan fingerprint density at radius 3 is 2.57 bits per heavy atom. The number of nitrogens with one attached hydrogen (secondary N) is 1. The number of carbonyl (C=O) groups is 3. The molecular formula is C28H36FN3O5. The molecule has 9 heteroatoms. The average Bonchev–Trinajstić information content (AvgIpc) is 2.87. The molecule has 1 heterocycles. The lowest BCUT2D eigenvalue weighted by Gasteiger charge is -2.36. The van der Waals surface area contributed by atoms with E-state index in [-0.39, 0.29) is 49.1 Å². The first kappa shape index (κ1) is 28.1. The maximum Gasteiger partial charge on any atom is 0.257 e. The molecule has 0 spiro atoms. The van der Waals surface area contributed by atoms with Crippen LogP contribution in [-0.4, -0.2) is 73.5 Å². The molecule has 0 saturated carbocycles. The number of rotatable bonds is 5. The molecule has 0 aliphatic carbocycles. The SMILES string of the molecule is CCCC(=O)Nc1ccc2c(c1)OC[C@H](C)N(C(=O)c1ccccc1F)C[C@H](C)[C@@H](OC)CN(C)C2=O. The molecule has 0 saturated heterocycles. The Bertz CT molecular complexity index is 1120. The minimum Gasteiger partial charge on any atom is -0.491 e. The number of fused-ring (bicyclic) bond motifs is 1. The Hall–Kier alpha value is -3.46. The van der Waals surface area contributed by atoms with Crippen LogP contribution in [-0.2, 0) is 9.53 Å². The van der Waals surface area contributed by atoms with E-state index in [0.29, 0.717) is 29.8 Å². The van der Waals surface area contributed by atoms with Crippen molar-refractivity contribution in [1.82, 2.24) is 9.80 Å². The first-order valence-corrected chi connectivity index (χ1v) is 12.6. The molecule has 8 nitrogen and oxygen atoms in total. The molecule has 0 unspecified atom stereocenters. The van der Waals surface area contributed by atoms with Crippen molar-refractivity contribution in [2.24, 2.45) is 5.92 Å². The average molecular weight is 514 g/mol. The van der Waals surface area contributed by atoms with Crippen LogP contribution in [0.2, 0.25) is 0 Å². The first-order chi connectivity index (χ1) is 17.7. The number of anilines is 1. The van der Waals surface area contributed by atoms with E-state index in [1.54, 1.807) is 54.3 Å². The van der Waals surface area contributed by atoms with Crippen LogP contribution in [0.1, 0.15) is 54.3 Å². The van der Waals surface area contributed by atoms with Gasteiger partial charge in [0.15, 0.2) is 0 Å². The molecule has 1 aliphatic heterocycles. The fraction of sp³-hybridized carbons (Fsp3) is 0.464. The second kappa shape index (κ2) is 12.7. The first-order valence-electron chi connectivity index (χ1n) is 12.6. The monoisotopic (exact) mass is 513 g/mol. The van der Waals surface area contributed by atoms with Crippen LogP contribution in [0.3, 0.4) is 0 Å². The molecule has 0 aromatic heterocycles. The number of carbonyl (C=O) groups excluding carboxylic acids is 3. The van der Waals surface area contributed by atoms with Crippen molar-refractivity contribution in [3.8, 4) is 5.75 Å². The molecule has 3 rings (SSSR count). The summed E-state index contributed by atoms with van der Waals surface area (Å²) >= 11 is 0. The zero-order valence-corrected chi connectivity index (χ0v) is 22.1. The molecule has 0 bridgehead atoms. The second-order valence-corrected chi connectivity index (χ2v) is 9.54. The van der Waals surface area contributed by atoms with Gasteiger partial charge in [-0.05, 0) is 37.6 Å². The summed E-state index contributed by atoms with van der Waals surface area (Å²) in [5.41, 5.74) is 0.824. The summed E-state index contributed by atoms with van der Waals surface area (Å²) in [6.07, 6.45) is 0.716. The zero-order valence-electron chi connectivity index (χ0n) is 22.1. The van der Waals surface area contributed by atoms with E-state index >= 15 is 0 Å². The molecule has 3 atom stereocenters. The second-order valence-electron chi connectivity index (χ2n) is 9.54. The van der Waals surface area contributed by atoms with Crippen LogP contribution in [0.25, 0.3) is 0 Å². The molecule has 3 amide bonds.